The average Bonchev–Trinajstić information content (AvgIpc) is 2.18. The number of nitrogens with zero attached hydrogens (tertiary/aromatic N) is 2. The van der Waals surface area contributed by atoms with Gasteiger partial charge in [-0.25, -0.2) is 0 Å². The fraction of sp³-hybridized carbons (Fsp3) is 0.455. The van der Waals surface area contributed by atoms with Crippen molar-refractivity contribution in [1.82, 2.24) is 4.98 Å². The van der Waals surface area contributed by atoms with Crippen molar-refractivity contribution < 1.29 is 5.11 Å². The van der Waals surface area contributed by atoms with Gasteiger partial charge in [0.1, 0.15) is 0 Å². The Kier molecular flexibility index (Phi) is 3.21. The van der Waals surface area contributed by atoms with E-state index in [1.54, 1.807) is 20.0 Å². The number of aromatic nitrogens is 1. The van der Waals surface area contributed by atoms with Crippen LogP contribution in [0.2, 0.25) is 0 Å². The molecule has 0 aliphatic heterocycles. The third-order valence-electron chi connectivity index (χ3n) is 2.18. The second kappa shape index (κ2) is 4.21. The van der Waals surface area contributed by atoms with Crippen molar-refractivity contribution in [3.63, 3.8) is 0 Å². The molecule has 0 amide bonds. The lowest BCUT2D eigenvalue weighted by molar-refractivity contribution is 0.164. The van der Waals surface area contributed by atoms with Crippen molar-refractivity contribution in [2.24, 2.45) is 0 Å². The summed E-state index contributed by atoms with van der Waals surface area (Å²) in [5, 5.41) is 18.4. The zero-order chi connectivity index (χ0) is 10.6. The molecular formula is C11H14N2O. The number of nitriles is 1. The third kappa shape index (κ3) is 2.30. The lowest BCUT2D eigenvalue weighted by Gasteiger charge is -2.22. The van der Waals surface area contributed by atoms with Crippen LogP contribution in [0.25, 0.3) is 0 Å². The number of hydrogen-bond donors (Lipinski definition) is 1. The second-order valence-corrected chi connectivity index (χ2v) is 3.71. The van der Waals surface area contributed by atoms with Crippen LogP contribution in [0, 0.1) is 11.3 Å². The summed E-state index contributed by atoms with van der Waals surface area (Å²) in [4.78, 5) is 4.14. The van der Waals surface area contributed by atoms with Gasteiger partial charge in [0.05, 0.1) is 23.3 Å². The lowest BCUT2D eigenvalue weighted by Crippen LogP contribution is -2.25. The van der Waals surface area contributed by atoms with Gasteiger partial charge in [0.2, 0.25) is 0 Å². The Morgan fingerprint density at radius 2 is 2.36 bits per heavy atom. The van der Waals surface area contributed by atoms with E-state index in [0.29, 0.717) is 12.1 Å². The Balaban J connectivity index is 2.98. The number of aliphatic hydroxyl groups excluding tert-OH is 1. The molecule has 1 aromatic rings. The Labute approximate surface area is 84.0 Å². The first kappa shape index (κ1) is 10.7. The summed E-state index contributed by atoms with van der Waals surface area (Å²) in [5.74, 6) is 0. The summed E-state index contributed by atoms with van der Waals surface area (Å²) in [6, 6.07) is 7.67. The van der Waals surface area contributed by atoms with Gasteiger partial charge in [-0.05, 0) is 32.4 Å². The predicted molar refractivity (Wildman–Crippen MR) is 53.5 cm³/mol. The molecule has 0 spiro atoms. The van der Waals surface area contributed by atoms with Crippen molar-refractivity contribution in [2.45, 2.75) is 31.8 Å². The summed E-state index contributed by atoms with van der Waals surface area (Å²) >= 11 is 0. The van der Waals surface area contributed by atoms with Gasteiger partial charge in [-0.15, -0.1) is 0 Å². The maximum absolute atomic E-state index is 9.30. The molecule has 2 atom stereocenters. The van der Waals surface area contributed by atoms with Gasteiger partial charge in [0, 0.05) is 6.20 Å². The van der Waals surface area contributed by atoms with Crippen LogP contribution in [0.1, 0.15) is 26.0 Å². The molecule has 0 bridgehead atoms. The van der Waals surface area contributed by atoms with Crippen LogP contribution in [0.15, 0.2) is 24.4 Å². The van der Waals surface area contributed by atoms with E-state index in [1.165, 1.54) is 0 Å². The summed E-state index contributed by atoms with van der Waals surface area (Å²) in [7, 11) is 0. The molecular weight excluding hydrogens is 176 g/mol. The normalized spacial score (nSPS) is 16.7. The molecule has 1 aromatic heterocycles. The van der Waals surface area contributed by atoms with E-state index in [4.69, 9.17) is 5.26 Å². The number of pyridine rings is 1. The number of hydrogen-bond acceptors (Lipinski definition) is 3. The van der Waals surface area contributed by atoms with Gasteiger partial charge in [-0.1, -0.05) is 6.07 Å². The van der Waals surface area contributed by atoms with E-state index < -0.39 is 11.5 Å². The van der Waals surface area contributed by atoms with Crippen LogP contribution in [0.3, 0.4) is 0 Å². The van der Waals surface area contributed by atoms with Crippen molar-refractivity contribution in [3.05, 3.63) is 30.1 Å². The molecule has 2 unspecified atom stereocenters. The van der Waals surface area contributed by atoms with E-state index in [1.807, 2.05) is 18.2 Å². The molecule has 0 fully saturated rings. The van der Waals surface area contributed by atoms with Gasteiger partial charge in [0.25, 0.3) is 0 Å². The molecule has 0 aromatic carbocycles. The van der Waals surface area contributed by atoms with Crippen LogP contribution >= 0.6 is 0 Å². The molecule has 14 heavy (non-hydrogen) atoms. The van der Waals surface area contributed by atoms with Gasteiger partial charge in [-0.2, -0.15) is 5.26 Å². The smallest absolute Gasteiger partial charge is 0.0989 e. The van der Waals surface area contributed by atoms with Gasteiger partial charge < -0.3 is 5.11 Å². The van der Waals surface area contributed by atoms with Crippen LogP contribution in [-0.2, 0) is 5.41 Å². The van der Waals surface area contributed by atoms with Crippen LogP contribution in [0.5, 0.6) is 0 Å². The van der Waals surface area contributed by atoms with E-state index >= 15 is 0 Å². The average molecular weight is 190 g/mol. The molecule has 0 radical (unpaired) electrons. The van der Waals surface area contributed by atoms with Crippen LogP contribution < -0.4 is 0 Å². The zero-order valence-corrected chi connectivity index (χ0v) is 8.44. The highest BCUT2D eigenvalue weighted by Gasteiger charge is 2.29. The van der Waals surface area contributed by atoms with Crippen molar-refractivity contribution in [1.29, 1.82) is 5.26 Å². The minimum absolute atomic E-state index is 0.403. The van der Waals surface area contributed by atoms with Crippen LogP contribution in [-0.4, -0.2) is 16.2 Å². The highest BCUT2D eigenvalue weighted by Crippen LogP contribution is 2.26. The lowest BCUT2D eigenvalue weighted by atomic mass is 9.82. The molecule has 0 saturated heterocycles. The summed E-state index contributed by atoms with van der Waals surface area (Å²) in [6.45, 7) is 3.47. The minimum atomic E-state index is -0.699. The van der Waals surface area contributed by atoms with Crippen molar-refractivity contribution in [3.8, 4) is 6.07 Å². The maximum Gasteiger partial charge on any atom is 0.0989 e. The van der Waals surface area contributed by atoms with Gasteiger partial charge in [0.15, 0.2) is 0 Å². The van der Waals surface area contributed by atoms with Gasteiger partial charge in [-0.3, -0.25) is 4.98 Å². The minimum Gasteiger partial charge on any atom is -0.393 e. The Hall–Kier alpha value is -1.40. The largest absolute Gasteiger partial charge is 0.393 e. The monoisotopic (exact) mass is 190 g/mol. The summed E-state index contributed by atoms with van der Waals surface area (Å²) in [5.41, 5.74) is 0.0125. The van der Waals surface area contributed by atoms with Crippen molar-refractivity contribution >= 4 is 0 Å². The molecule has 0 aliphatic rings. The highest BCUT2D eigenvalue weighted by atomic mass is 16.3. The Bertz CT molecular complexity index is 329. The first-order valence-corrected chi connectivity index (χ1v) is 4.59. The second-order valence-electron chi connectivity index (χ2n) is 3.71. The van der Waals surface area contributed by atoms with Gasteiger partial charge >= 0.3 is 0 Å². The third-order valence-corrected chi connectivity index (χ3v) is 2.18. The Morgan fingerprint density at radius 3 is 2.79 bits per heavy atom. The van der Waals surface area contributed by atoms with E-state index in [9.17, 15) is 5.11 Å². The van der Waals surface area contributed by atoms with E-state index in [2.05, 4.69) is 11.1 Å². The molecule has 0 saturated carbocycles. The molecule has 0 aliphatic carbocycles. The first-order valence-electron chi connectivity index (χ1n) is 4.59. The number of rotatable bonds is 3. The Morgan fingerprint density at radius 1 is 1.64 bits per heavy atom. The fourth-order valence-corrected chi connectivity index (χ4v) is 1.49. The summed E-state index contributed by atoms with van der Waals surface area (Å²) in [6.07, 6.45) is 1.56. The molecule has 1 rings (SSSR count). The quantitative estimate of drug-likeness (QED) is 0.788. The predicted octanol–water partition coefficient (Wildman–Crippen LogP) is 1.63. The fourth-order valence-electron chi connectivity index (χ4n) is 1.49. The van der Waals surface area contributed by atoms with E-state index in [0.717, 1.165) is 0 Å². The summed E-state index contributed by atoms with van der Waals surface area (Å²) < 4.78 is 0. The SMILES string of the molecule is CC(O)CC(C)(C#N)c1ccccn1. The maximum atomic E-state index is 9.30. The molecule has 1 N–H and O–H groups in total. The standard InChI is InChI=1S/C11H14N2O/c1-9(14)7-11(2,8-12)10-5-3-4-6-13-10/h3-6,9,14H,7H2,1-2H3. The first-order chi connectivity index (χ1) is 6.58. The van der Waals surface area contributed by atoms with E-state index in [-0.39, 0.29) is 0 Å². The zero-order valence-electron chi connectivity index (χ0n) is 8.44. The molecule has 3 nitrogen and oxygen atoms in total. The van der Waals surface area contributed by atoms with Crippen LogP contribution in [0.4, 0.5) is 0 Å². The highest BCUT2D eigenvalue weighted by molar-refractivity contribution is 5.24. The number of aliphatic hydroxyl groups is 1. The molecule has 1 heterocycles. The molecule has 74 valence electrons. The topological polar surface area (TPSA) is 56.9 Å². The molecule has 3 heteroatoms. The van der Waals surface area contributed by atoms with Crippen molar-refractivity contribution in [2.75, 3.05) is 0 Å².